The number of rotatable bonds is 0. The molecule has 0 saturated carbocycles. The maximum Gasteiger partial charge on any atom is 0.202 e. The highest BCUT2D eigenvalue weighted by atomic mass is 35.5. The van der Waals surface area contributed by atoms with Gasteiger partial charge in [-0.1, -0.05) is 11.6 Å². The van der Waals surface area contributed by atoms with Gasteiger partial charge in [0.25, 0.3) is 0 Å². The van der Waals surface area contributed by atoms with Crippen LogP contribution >= 0.6 is 11.6 Å². The largest absolute Gasteiger partial charge is 0.382 e. The van der Waals surface area contributed by atoms with Crippen molar-refractivity contribution in [3.05, 3.63) is 23.2 Å². The lowest BCUT2D eigenvalue weighted by molar-refractivity contribution is 1.11. The maximum absolute atomic E-state index is 5.86. The highest BCUT2D eigenvalue weighted by Gasteiger charge is 2.07. The summed E-state index contributed by atoms with van der Waals surface area (Å²) in [7, 11) is 0. The third kappa shape index (κ3) is 1.20. The molecule has 1 aromatic carbocycles. The Balaban J connectivity index is 2.50. The van der Waals surface area contributed by atoms with E-state index in [-0.39, 0.29) is 0 Å². The Morgan fingerprint density at radius 3 is 2.93 bits per heavy atom. The minimum Gasteiger partial charge on any atom is -0.382 e. The summed E-state index contributed by atoms with van der Waals surface area (Å²) < 4.78 is 0. The molecule has 0 bridgehead atoms. The van der Waals surface area contributed by atoms with Gasteiger partial charge in [0.15, 0.2) is 5.52 Å². The van der Waals surface area contributed by atoms with Crippen LogP contribution in [0.4, 0.5) is 5.82 Å². The zero-order chi connectivity index (χ0) is 10.4. The summed E-state index contributed by atoms with van der Waals surface area (Å²) in [4.78, 5) is 8.63. The summed E-state index contributed by atoms with van der Waals surface area (Å²) in [6.07, 6.45) is 0. The van der Waals surface area contributed by atoms with Crippen molar-refractivity contribution in [1.82, 2.24) is 20.2 Å². The molecule has 0 fully saturated rings. The second-order valence-electron chi connectivity index (χ2n) is 3.17. The molecule has 0 amide bonds. The molecule has 0 aliphatic rings. The van der Waals surface area contributed by atoms with Crippen LogP contribution in [-0.2, 0) is 0 Å². The molecule has 5 nitrogen and oxygen atoms in total. The smallest absolute Gasteiger partial charge is 0.202 e. The first kappa shape index (κ1) is 8.43. The Labute approximate surface area is 89.3 Å². The van der Waals surface area contributed by atoms with Gasteiger partial charge in [0.1, 0.15) is 5.82 Å². The average Bonchev–Trinajstić information content (AvgIpc) is 2.57. The van der Waals surface area contributed by atoms with Crippen molar-refractivity contribution in [2.24, 2.45) is 0 Å². The molecule has 0 spiro atoms. The maximum atomic E-state index is 5.86. The summed E-state index contributed by atoms with van der Waals surface area (Å²) in [5.74, 6) is 0.416. The van der Waals surface area contributed by atoms with Crippen LogP contribution in [0.5, 0.6) is 0 Å². The van der Waals surface area contributed by atoms with E-state index in [0.29, 0.717) is 27.5 Å². The van der Waals surface area contributed by atoms with E-state index in [1.165, 1.54) is 0 Å². The Morgan fingerprint density at radius 1 is 1.20 bits per heavy atom. The normalized spacial score (nSPS) is 11.3. The molecule has 2 heterocycles. The Kier molecular flexibility index (Phi) is 1.58. The van der Waals surface area contributed by atoms with Gasteiger partial charge in [0.2, 0.25) is 5.65 Å². The third-order valence-electron chi connectivity index (χ3n) is 2.15. The summed E-state index contributed by atoms with van der Waals surface area (Å²) in [5.41, 5.74) is 8.20. The van der Waals surface area contributed by atoms with Gasteiger partial charge in [-0.3, -0.25) is 5.10 Å². The van der Waals surface area contributed by atoms with E-state index in [1.807, 2.05) is 0 Å². The number of hydrogen-bond acceptors (Lipinski definition) is 4. The second kappa shape index (κ2) is 2.80. The van der Waals surface area contributed by atoms with Crippen molar-refractivity contribution in [1.29, 1.82) is 0 Å². The monoisotopic (exact) mass is 219 g/mol. The first-order valence-corrected chi connectivity index (χ1v) is 4.69. The first-order valence-electron chi connectivity index (χ1n) is 4.31. The number of nitrogens with one attached hydrogen (secondary N) is 1. The zero-order valence-corrected chi connectivity index (χ0v) is 8.28. The van der Waals surface area contributed by atoms with Gasteiger partial charge in [-0.25, -0.2) is 9.97 Å². The van der Waals surface area contributed by atoms with Crippen LogP contribution in [-0.4, -0.2) is 20.2 Å². The van der Waals surface area contributed by atoms with Crippen LogP contribution in [0.15, 0.2) is 18.2 Å². The van der Waals surface area contributed by atoms with Crippen molar-refractivity contribution >= 4 is 39.6 Å². The number of nitrogen functional groups attached to an aromatic ring is 1. The fourth-order valence-electron chi connectivity index (χ4n) is 1.44. The van der Waals surface area contributed by atoms with Crippen LogP contribution in [0, 0.1) is 0 Å². The van der Waals surface area contributed by atoms with Gasteiger partial charge < -0.3 is 5.73 Å². The lowest BCUT2D eigenvalue weighted by atomic mass is 10.3. The van der Waals surface area contributed by atoms with E-state index in [1.54, 1.807) is 18.2 Å². The number of hydrogen-bond donors (Lipinski definition) is 2. The lowest BCUT2D eigenvalue weighted by Crippen LogP contribution is -1.88. The highest BCUT2D eigenvalue weighted by molar-refractivity contribution is 6.31. The molecule has 0 unspecified atom stereocenters. The molecular weight excluding hydrogens is 214 g/mol. The van der Waals surface area contributed by atoms with E-state index < -0.39 is 0 Å². The highest BCUT2D eigenvalue weighted by Crippen LogP contribution is 2.20. The first-order chi connectivity index (χ1) is 7.24. The molecule has 74 valence electrons. The van der Waals surface area contributed by atoms with Crippen molar-refractivity contribution in [2.45, 2.75) is 0 Å². The molecule has 0 saturated heterocycles. The summed E-state index contributed by atoms with van der Waals surface area (Å²) in [5, 5.41) is 7.19. The average molecular weight is 220 g/mol. The number of fused-ring (bicyclic) bond motifs is 2. The van der Waals surface area contributed by atoms with Crippen molar-refractivity contribution < 1.29 is 0 Å². The minimum absolute atomic E-state index is 0.416. The van der Waals surface area contributed by atoms with Crippen LogP contribution in [0.2, 0.25) is 5.02 Å². The van der Waals surface area contributed by atoms with Crippen LogP contribution in [0.25, 0.3) is 22.2 Å². The standard InChI is InChI=1S/C9H6ClN5/c10-4-1-2-5-6(3-4)12-7-8(11)14-15-9(7)13-5/h1-3H,(H3,11,13,14,15). The number of benzene rings is 1. The van der Waals surface area contributed by atoms with E-state index in [9.17, 15) is 0 Å². The zero-order valence-electron chi connectivity index (χ0n) is 7.53. The number of aromatic amines is 1. The van der Waals surface area contributed by atoms with E-state index in [0.717, 1.165) is 5.52 Å². The summed E-state index contributed by atoms with van der Waals surface area (Å²) in [6, 6.07) is 5.31. The van der Waals surface area contributed by atoms with Gasteiger partial charge in [0.05, 0.1) is 11.0 Å². The van der Waals surface area contributed by atoms with Gasteiger partial charge >= 0.3 is 0 Å². The fourth-order valence-corrected chi connectivity index (χ4v) is 1.61. The number of halogens is 1. The van der Waals surface area contributed by atoms with Crippen LogP contribution in [0.3, 0.4) is 0 Å². The quantitative estimate of drug-likeness (QED) is 0.604. The number of nitrogens with two attached hydrogens (primary N) is 1. The van der Waals surface area contributed by atoms with Crippen LogP contribution < -0.4 is 5.73 Å². The van der Waals surface area contributed by atoms with Gasteiger partial charge in [-0.15, -0.1) is 0 Å². The number of nitrogens with zero attached hydrogens (tertiary/aromatic N) is 3. The van der Waals surface area contributed by atoms with Crippen LogP contribution in [0.1, 0.15) is 0 Å². The SMILES string of the molecule is Nc1[nH]nc2nc3ccc(Cl)cc3nc12. The molecule has 0 radical (unpaired) electrons. The molecular formula is C9H6ClN5. The van der Waals surface area contributed by atoms with Gasteiger partial charge in [-0.05, 0) is 18.2 Å². The molecule has 3 aromatic rings. The number of H-pyrrole nitrogens is 1. The topological polar surface area (TPSA) is 80.5 Å². The van der Waals surface area contributed by atoms with E-state index in [4.69, 9.17) is 17.3 Å². The molecule has 2 aromatic heterocycles. The predicted molar refractivity (Wildman–Crippen MR) is 58.6 cm³/mol. The minimum atomic E-state index is 0.416. The van der Waals surface area contributed by atoms with Gasteiger partial charge in [-0.2, -0.15) is 5.10 Å². The molecule has 0 aliphatic carbocycles. The third-order valence-corrected chi connectivity index (χ3v) is 2.38. The Morgan fingerprint density at radius 2 is 2.07 bits per heavy atom. The molecule has 0 atom stereocenters. The molecule has 3 N–H and O–H groups in total. The van der Waals surface area contributed by atoms with Crippen molar-refractivity contribution in [3.8, 4) is 0 Å². The molecule has 6 heteroatoms. The lowest BCUT2D eigenvalue weighted by Gasteiger charge is -1.96. The summed E-state index contributed by atoms with van der Waals surface area (Å²) >= 11 is 5.86. The molecule has 0 aliphatic heterocycles. The predicted octanol–water partition coefficient (Wildman–Crippen LogP) is 1.74. The number of aromatic nitrogens is 4. The second-order valence-corrected chi connectivity index (χ2v) is 3.60. The van der Waals surface area contributed by atoms with Crippen molar-refractivity contribution in [3.63, 3.8) is 0 Å². The molecule has 15 heavy (non-hydrogen) atoms. The Hall–Kier alpha value is -1.88. The fraction of sp³-hybridized carbons (Fsp3) is 0. The Bertz CT molecular complexity index is 660. The van der Waals surface area contributed by atoms with E-state index in [2.05, 4.69) is 20.2 Å². The van der Waals surface area contributed by atoms with Crippen molar-refractivity contribution in [2.75, 3.05) is 5.73 Å². The van der Waals surface area contributed by atoms with Gasteiger partial charge in [0, 0.05) is 5.02 Å². The molecule has 3 rings (SSSR count). The number of anilines is 1. The van der Waals surface area contributed by atoms with E-state index >= 15 is 0 Å². The summed E-state index contributed by atoms with van der Waals surface area (Å²) in [6.45, 7) is 0.